The van der Waals surface area contributed by atoms with Crippen LogP contribution in [0.15, 0.2) is 30.5 Å². The van der Waals surface area contributed by atoms with Gasteiger partial charge in [-0.3, -0.25) is 9.89 Å². The molecule has 2 rings (SSSR count). The molecule has 2 N–H and O–H groups in total. The molecular formula is C16H20FN3O. The van der Waals surface area contributed by atoms with Gasteiger partial charge in [-0.2, -0.15) is 5.10 Å². The van der Waals surface area contributed by atoms with Gasteiger partial charge in [0.15, 0.2) is 0 Å². The second kappa shape index (κ2) is 7.02. The summed E-state index contributed by atoms with van der Waals surface area (Å²) in [5.74, 6) is -0.0380. The number of carbonyl (C=O) groups excluding carboxylic acids is 1. The highest BCUT2D eigenvalue weighted by atomic mass is 19.1. The second-order valence-corrected chi connectivity index (χ2v) is 5.12. The molecule has 0 unspecified atom stereocenters. The third-order valence-corrected chi connectivity index (χ3v) is 3.71. The number of hydrogen-bond donors (Lipinski definition) is 2. The largest absolute Gasteiger partial charge is 0.321 e. The lowest BCUT2D eigenvalue weighted by molar-refractivity contribution is 0.102. The van der Waals surface area contributed by atoms with Gasteiger partial charge < -0.3 is 5.32 Å². The predicted octanol–water partition coefficient (Wildman–Crippen LogP) is 3.78. The Balaban J connectivity index is 2.09. The number of halogens is 1. The van der Waals surface area contributed by atoms with E-state index in [9.17, 15) is 9.18 Å². The summed E-state index contributed by atoms with van der Waals surface area (Å²) in [7, 11) is 0. The highest BCUT2D eigenvalue weighted by molar-refractivity contribution is 6.03. The maximum absolute atomic E-state index is 12.9. The topological polar surface area (TPSA) is 57.8 Å². The second-order valence-electron chi connectivity index (χ2n) is 5.12. The fourth-order valence-corrected chi connectivity index (χ4v) is 2.28. The molecule has 21 heavy (non-hydrogen) atoms. The first-order chi connectivity index (χ1) is 10.1. The summed E-state index contributed by atoms with van der Waals surface area (Å²) >= 11 is 0. The molecule has 1 amide bonds. The molecule has 112 valence electrons. The first-order valence-electron chi connectivity index (χ1n) is 7.23. The molecule has 0 aliphatic heterocycles. The molecule has 1 aromatic carbocycles. The molecule has 2 aromatic rings. The molecule has 0 bridgehead atoms. The first kappa shape index (κ1) is 15.2. The summed E-state index contributed by atoms with van der Waals surface area (Å²) in [6, 6.07) is 5.69. The zero-order valence-electron chi connectivity index (χ0n) is 12.3. The zero-order chi connectivity index (χ0) is 15.2. The van der Waals surface area contributed by atoms with Gasteiger partial charge in [0.25, 0.3) is 5.91 Å². The number of rotatable bonds is 6. The normalized spacial score (nSPS) is 10.9. The molecule has 0 aliphatic carbocycles. The Kier molecular flexibility index (Phi) is 5.09. The molecule has 0 atom stereocenters. The molecule has 0 aliphatic rings. The van der Waals surface area contributed by atoms with Crippen molar-refractivity contribution in [2.75, 3.05) is 5.32 Å². The molecule has 5 heteroatoms. The van der Waals surface area contributed by atoms with Crippen molar-refractivity contribution in [3.63, 3.8) is 0 Å². The van der Waals surface area contributed by atoms with Crippen molar-refractivity contribution in [3.05, 3.63) is 47.5 Å². The van der Waals surface area contributed by atoms with Gasteiger partial charge in [-0.1, -0.05) is 26.7 Å². The summed E-state index contributed by atoms with van der Waals surface area (Å²) in [4.78, 5) is 12.3. The SMILES string of the molecule is CCC(CC)Cc1cn[nH]c1C(=O)Nc1ccc(F)cc1. The van der Waals surface area contributed by atoms with Crippen LogP contribution < -0.4 is 5.32 Å². The lowest BCUT2D eigenvalue weighted by Gasteiger charge is -2.12. The van der Waals surface area contributed by atoms with E-state index >= 15 is 0 Å². The Hall–Kier alpha value is -2.17. The van der Waals surface area contributed by atoms with Gasteiger partial charge >= 0.3 is 0 Å². The van der Waals surface area contributed by atoms with E-state index in [1.54, 1.807) is 6.20 Å². The maximum atomic E-state index is 12.9. The summed E-state index contributed by atoms with van der Waals surface area (Å²) in [5, 5.41) is 9.47. The van der Waals surface area contributed by atoms with Gasteiger partial charge in [0.1, 0.15) is 11.5 Å². The number of nitrogens with zero attached hydrogens (tertiary/aromatic N) is 1. The molecule has 0 radical (unpaired) electrons. The van der Waals surface area contributed by atoms with Crippen molar-refractivity contribution in [1.82, 2.24) is 10.2 Å². The van der Waals surface area contributed by atoms with Crippen LogP contribution in [0, 0.1) is 11.7 Å². The fourth-order valence-electron chi connectivity index (χ4n) is 2.28. The highest BCUT2D eigenvalue weighted by Crippen LogP contribution is 2.18. The van der Waals surface area contributed by atoms with E-state index in [2.05, 4.69) is 29.4 Å². The number of anilines is 1. The lowest BCUT2D eigenvalue weighted by Crippen LogP contribution is -2.15. The molecule has 1 aromatic heterocycles. The molecule has 0 spiro atoms. The predicted molar refractivity (Wildman–Crippen MR) is 80.7 cm³/mol. The Morgan fingerprint density at radius 3 is 2.57 bits per heavy atom. The van der Waals surface area contributed by atoms with E-state index in [1.165, 1.54) is 24.3 Å². The third-order valence-electron chi connectivity index (χ3n) is 3.71. The third kappa shape index (κ3) is 3.90. The molecule has 0 fully saturated rings. The molecule has 4 nitrogen and oxygen atoms in total. The summed E-state index contributed by atoms with van der Waals surface area (Å²) in [6.07, 6.45) is 4.68. The van der Waals surface area contributed by atoms with Crippen LogP contribution in [0.25, 0.3) is 0 Å². The van der Waals surface area contributed by atoms with Crippen LogP contribution in [0.1, 0.15) is 42.7 Å². The van der Waals surface area contributed by atoms with Crippen molar-refractivity contribution < 1.29 is 9.18 Å². The van der Waals surface area contributed by atoms with Crippen LogP contribution in [-0.4, -0.2) is 16.1 Å². The Morgan fingerprint density at radius 1 is 1.29 bits per heavy atom. The van der Waals surface area contributed by atoms with Crippen molar-refractivity contribution in [1.29, 1.82) is 0 Å². The van der Waals surface area contributed by atoms with Crippen LogP contribution in [0.5, 0.6) is 0 Å². The fraction of sp³-hybridized carbons (Fsp3) is 0.375. The lowest BCUT2D eigenvalue weighted by atomic mass is 9.95. The van der Waals surface area contributed by atoms with E-state index < -0.39 is 0 Å². The maximum Gasteiger partial charge on any atom is 0.273 e. The van der Waals surface area contributed by atoms with Gasteiger partial charge in [0.05, 0.1) is 6.20 Å². The van der Waals surface area contributed by atoms with E-state index in [1.807, 2.05) is 0 Å². The van der Waals surface area contributed by atoms with E-state index in [-0.39, 0.29) is 11.7 Å². The highest BCUT2D eigenvalue weighted by Gasteiger charge is 2.16. The quantitative estimate of drug-likeness (QED) is 0.850. The summed E-state index contributed by atoms with van der Waals surface area (Å²) in [5.41, 5.74) is 1.96. The van der Waals surface area contributed by atoms with Crippen LogP contribution in [-0.2, 0) is 6.42 Å². The molecular weight excluding hydrogens is 269 g/mol. The zero-order valence-corrected chi connectivity index (χ0v) is 12.3. The van der Waals surface area contributed by atoms with E-state index in [0.29, 0.717) is 17.3 Å². The number of aromatic nitrogens is 2. The van der Waals surface area contributed by atoms with Gasteiger partial charge in [-0.15, -0.1) is 0 Å². The number of aromatic amines is 1. The monoisotopic (exact) mass is 289 g/mol. The minimum atomic E-state index is -0.330. The first-order valence-corrected chi connectivity index (χ1v) is 7.23. The van der Waals surface area contributed by atoms with Gasteiger partial charge in [0, 0.05) is 11.3 Å². The number of amides is 1. The number of carbonyl (C=O) groups is 1. The van der Waals surface area contributed by atoms with Gasteiger partial charge in [-0.25, -0.2) is 4.39 Å². The molecule has 1 heterocycles. The van der Waals surface area contributed by atoms with Crippen molar-refractivity contribution >= 4 is 11.6 Å². The van der Waals surface area contributed by atoms with Crippen LogP contribution in [0.3, 0.4) is 0 Å². The minimum absolute atomic E-state index is 0.250. The van der Waals surface area contributed by atoms with Crippen molar-refractivity contribution in [2.24, 2.45) is 5.92 Å². The average molecular weight is 289 g/mol. The standard InChI is InChI=1S/C16H20FN3O/c1-3-11(4-2)9-12-10-18-20-15(12)16(21)19-14-7-5-13(17)6-8-14/h5-8,10-11H,3-4,9H2,1-2H3,(H,18,20)(H,19,21). The Bertz CT molecular complexity index is 588. The van der Waals surface area contributed by atoms with E-state index in [4.69, 9.17) is 0 Å². The average Bonchev–Trinajstić information content (AvgIpc) is 2.95. The van der Waals surface area contributed by atoms with Gasteiger partial charge in [0.2, 0.25) is 0 Å². The summed E-state index contributed by atoms with van der Waals surface area (Å²) in [6.45, 7) is 4.29. The summed E-state index contributed by atoms with van der Waals surface area (Å²) < 4.78 is 12.9. The molecule has 0 saturated heterocycles. The van der Waals surface area contributed by atoms with Crippen LogP contribution >= 0.6 is 0 Å². The number of benzene rings is 1. The van der Waals surface area contributed by atoms with Crippen LogP contribution in [0.2, 0.25) is 0 Å². The van der Waals surface area contributed by atoms with Crippen molar-refractivity contribution in [3.8, 4) is 0 Å². The van der Waals surface area contributed by atoms with Gasteiger partial charge in [-0.05, 0) is 36.6 Å². The van der Waals surface area contributed by atoms with Crippen LogP contribution in [0.4, 0.5) is 10.1 Å². The number of H-pyrrole nitrogens is 1. The Labute approximate surface area is 123 Å². The van der Waals surface area contributed by atoms with Crippen molar-refractivity contribution in [2.45, 2.75) is 33.1 Å². The number of nitrogens with one attached hydrogen (secondary N) is 2. The minimum Gasteiger partial charge on any atom is -0.321 e. The Morgan fingerprint density at radius 2 is 1.95 bits per heavy atom. The smallest absolute Gasteiger partial charge is 0.273 e. The van der Waals surface area contributed by atoms with E-state index in [0.717, 1.165) is 24.8 Å². The molecule has 0 saturated carbocycles. The number of hydrogen-bond acceptors (Lipinski definition) is 2.